The summed E-state index contributed by atoms with van der Waals surface area (Å²) in [6.45, 7) is 1.20. The quantitative estimate of drug-likeness (QED) is 0.803. The molecule has 1 aliphatic heterocycles. The van der Waals surface area contributed by atoms with Crippen molar-refractivity contribution in [2.45, 2.75) is 11.3 Å². The normalized spacial score (nSPS) is 15.0. The number of hydrogen-bond donors (Lipinski definition) is 1. The van der Waals surface area contributed by atoms with E-state index in [0.717, 1.165) is 5.56 Å². The summed E-state index contributed by atoms with van der Waals surface area (Å²) in [5, 5.41) is 11.5. The van der Waals surface area contributed by atoms with Gasteiger partial charge in [0.2, 0.25) is 10.0 Å². The summed E-state index contributed by atoms with van der Waals surface area (Å²) < 4.78 is 32.1. The van der Waals surface area contributed by atoms with Crippen LogP contribution in [-0.2, 0) is 21.2 Å². The second kappa shape index (κ2) is 8.71. The highest BCUT2D eigenvalue weighted by Crippen LogP contribution is 2.24. The van der Waals surface area contributed by atoms with E-state index in [2.05, 4.69) is 11.4 Å². The number of morpholine rings is 1. The molecular formula is C19H18ClN3O4S. The van der Waals surface area contributed by atoms with E-state index < -0.39 is 15.9 Å². The van der Waals surface area contributed by atoms with Crippen LogP contribution in [-0.4, -0.2) is 44.9 Å². The first-order valence-electron chi connectivity index (χ1n) is 8.56. The van der Waals surface area contributed by atoms with E-state index in [9.17, 15) is 13.2 Å². The number of nitrogens with one attached hydrogen (secondary N) is 1. The zero-order chi connectivity index (χ0) is 20.1. The second-order valence-electron chi connectivity index (χ2n) is 6.14. The van der Waals surface area contributed by atoms with Crippen LogP contribution in [0, 0.1) is 11.3 Å². The standard InChI is InChI=1S/C19H18ClN3O4S/c20-18-6-5-16(28(25,26)23-9-11-27-12-10-23)13-17(18)19(24)22-15-3-1-14(2-4-15)7-8-21/h1-6,13H,7,9-12H2,(H,22,24). The SMILES string of the molecule is N#CCc1ccc(NC(=O)c2cc(S(=O)(=O)N3CCOCC3)ccc2Cl)cc1. The fraction of sp³-hybridized carbons (Fsp3) is 0.263. The van der Waals surface area contributed by atoms with Crippen molar-refractivity contribution in [3.05, 3.63) is 58.6 Å². The smallest absolute Gasteiger partial charge is 0.257 e. The number of rotatable bonds is 5. The largest absolute Gasteiger partial charge is 0.379 e. The van der Waals surface area contributed by atoms with Gasteiger partial charge in [-0.05, 0) is 35.9 Å². The van der Waals surface area contributed by atoms with Gasteiger partial charge in [0.15, 0.2) is 0 Å². The second-order valence-corrected chi connectivity index (χ2v) is 8.49. The van der Waals surface area contributed by atoms with E-state index in [4.69, 9.17) is 21.6 Å². The number of nitrogens with zero attached hydrogens (tertiary/aromatic N) is 2. The minimum Gasteiger partial charge on any atom is -0.379 e. The number of carbonyl (C=O) groups excluding carboxylic acids is 1. The average molecular weight is 420 g/mol. The zero-order valence-corrected chi connectivity index (χ0v) is 16.5. The summed E-state index contributed by atoms with van der Waals surface area (Å²) in [4.78, 5) is 12.6. The number of ether oxygens (including phenoxy) is 1. The van der Waals surface area contributed by atoms with Crippen LogP contribution in [0.25, 0.3) is 0 Å². The maximum Gasteiger partial charge on any atom is 0.257 e. The molecule has 1 saturated heterocycles. The number of anilines is 1. The van der Waals surface area contributed by atoms with E-state index in [1.165, 1.54) is 22.5 Å². The van der Waals surface area contributed by atoms with Crippen molar-refractivity contribution in [2.24, 2.45) is 0 Å². The summed E-state index contributed by atoms with van der Waals surface area (Å²) in [5.74, 6) is -0.517. The molecule has 3 rings (SSSR count). The van der Waals surface area contributed by atoms with Crippen molar-refractivity contribution in [3.8, 4) is 6.07 Å². The predicted octanol–water partition coefficient (Wildman–Crippen LogP) is 2.68. The van der Waals surface area contributed by atoms with Crippen LogP contribution in [0.2, 0.25) is 5.02 Å². The minimum atomic E-state index is -3.74. The fourth-order valence-corrected chi connectivity index (χ4v) is 4.41. The molecule has 0 aromatic heterocycles. The molecule has 0 atom stereocenters. The van der Waals surface area contributed by atoms with Gasteiger partial charge in [-0.15, -0.1) is 0 Å². The van der Waals surface area contributed by atoms with E-state index in [1.54, 1.807) is 24.3 Å². The molecular weight excluding hydrogens is 402 g/mol. The highest BCUT2D eigenvalue weighted by molar-refractivity contribution is 7.89. The third-order valence-corrected chi connectivity index (χ3v) is 6.51. The Hall–Kier alpha value is -2.44. The molecule has 1 N–H and O–H groups in total. The van der Waals surface area contributed by atoms with Gasteiger partial charge in [0.05, 0.1) is 41.2 Å². The van der Waals surface area contributed by atoms with Gasteiger partial charge in [-0.2, -0.15) is 9.57 Å². The van der Waals surface area contributed by atoms with Crippen molar-refractivity contribution < 1.29 is 17.9 Å². The molecule has 1 heterocycles. The number of carbonyl (C=O) groups is 1. The highest BCUT2D eigenvalue weighted by Gasteiger charge is 2.27. The Labute approximate surface area is 168 Å². The first kappa shape index (κ1) is 20.3. The van der Waals surface area contributed by atoms with Crippen molar-refractivity contribution in [1.82, 2.24) is 4.31 Å². The molecule has 1 fully saturated rings. The molecule has 7 nitrogen and oxygen atoms in total. The van der Waals surface area contributed by atoms with Crippen LogP contribution in [0.4, 0.5) is 5.69 Å². The van der Waals surface area contributed by atoms with Crippen LogP contribution in [0.5, 0.6) is 0 Å². The lowest BCUT2D eigenvalue weighted by atomic mass is 10.1. The Morgan fingerprint density at radius 3 is 2.50 bits per heavy atom. The molecule has 146 valence electrons. The van der Waals surface area contributed by atoms with Gasteiger partial charge in [-0.3, -0.25) is 4.79 Å². The molecule has 2 aromatic rings. The van der Waals surface area contributed by atoms with E-state index in [1.807, 2.05) is 0 Å². The molecule has 0 spiro atoms. The van der Waals surface area contributed by atoms with Crippen molar-refractivity contribution >= 4 is 33.2 Å². The van der Waals surface area contributed by atoms with Gasteiger partial charge in [0.1, 0.15) is 0 Å². The predicted molar refractivity (Wildman–Crippen MR) is 105 cm³/mol. The van der Waals surface area contributed by atoms with Crippen LogP contribution < -0.4 is 5.32 Å². The lowest BCUT2D eigenvalue weighted by Gasteiger charge is -2.26. The Kier molecular flexibility index (Phi) is 6.31. The van der Waals surface area contributed by atoms with Gasteiger partial charge < -0.3 is 10.1 Å². The average Bonchev–Trinajstić information content (AvgIpc) is 2.70. The van der Waals surface area contributed by atoms with E-state index in [-0.39, 0.29) is 35.0 Å². The molecule has 0 aliphatic carbocycles. The molecule has 9 heteroatoms. The number of sulfonamides is 1. The number of hydrogen-bond acceptors (Lipinski definition) is 5. The first-order chi connectivity index (χ1) is 13.4. The summed E-state index contributed by atoms with van der Waals surface area (Å²) in [5.41, 5.74) is 1.42. The third-order valence-electron chi connectivity index (χ3n) is 4.29. The summed E-state index contributed by atoms with van der Waals surface area (Å²) in [6, 6.07) is 12.9. The molecule has 0 saturated carbocycles. The van der Waals surface area contributed by atoms with Crippen LogP contribution in [0.15, 0.2) is 47.4 Å². The molecule has 0 bridgehead atoms. The molecule has 0 radical (unpaired) electrons. The Balaban J connectivity index is 1.82. The maximum atomic E-state index is 12.8. The molecule has 0 unspecified atom stereocenters. The van der Waals surface area contributed by atoms with Crippen molar-refractivity contribution in [1.29, 1.82) is 5.26 Å². The molecule has 28 heavy (non-hydrogen) atoms. The Morgan fingerprint density at radius 1 is 1.18 bits per heavy atom. The van der Waals surface area contributed by atoms with Crippen LogP contribution >= 0.6 is 11.6 Å². The number of amides is 1. The fourth-order valence-electron chi connectivity index (χ4n) is 2.77. The lowest BCUT2D eigenvalue weighted by Crippen LogP contribution is -2.40. The number of nitriles is 1. The van der Waals surface area contributed by atoms with Crippen molar-refractivity contribution in [3.63, 3.8) is 0 Å². The van der Waals surface area contributed by atoms with Crippen LogP contribution in [0.1, 0.15) is 15.9 Å². The maximum absolute atomic E-state index is 12.8. The van der Waals surface area contributed by atoms with Crippen molar-refractivity contribution in [2.75, 3.05) is 31.6 Å². The highest BCUT2D eigenvalue weighted by atomic mass is 35.5. The molecule has 1 amide bonds. The molecule has 2 aromatic carbocycles. The topological polar surface area (TPSA) is 99.5 Å². The summed E-state index contributed by atoms with van der Waals surface area (Å²) in [6.07, 6.45) is 0.279. The van der Waals surface area contributed by atoms with E-state index in [0.29, 0.717) is 18.9 Å². The summed E-state index contributed by atoms with van der Waals surface area (Å²) >= 11 is 6.13. The lowest BCUT2D eigenvalue weighted by molar-refractivity contribution is 0.0730. The van der Waals surface area contributed by atoms with Gasteiger partial charge in [-0.1, -0.05) is 23.7 Å². The van der Waals surface area contributed by atoms with Gasteiger partial charge in [0.25, 0.3) is 5.91 Å². The van der Waals surface area contributed by atoms with Crippen LogP contribution in [0.3, 0.4) is 0 Å². The van der Waals surface area contributed by atoms with Gasteiger partial charge in [0, 0.05) is 18.8 Å². The number of benzene rings is 2. The monoisotopic (exact) mass is 419 g/mol. The summed E-state index contributed by atoms with van der Waals surface area (Å²) in [7, 11) is -3.74. The third kappa shape index (κ3) is 4.51. The minimum absolute atomic E-state index is 0.00770. The van der Waals surface area contributed by atoms with Gasteiger partial charge in [-0.25, -0.2) is 8.42 Å². The van der Waals surface area contributed by atoms with Gasteiger partial charge >= 0.3 is 0 Å². The first-order valence-corrected chi connectivity index (χ1v) is 10.4. The molecule has 1 aliphatic rings. The zero-order valence-electron chi connectivity index (χ0n) is 14.9. The Bertz CT molecular complexity index is 1010. The number of halogens is 1. The van der Waals surface area contributed by atoms with E-state index >= 15 is 0 Å². The Morgan fingerprint density at radius 2 is 1.86 bits per heavy atom.